The average molecular weight is 519 g/mol. The van der Waals surface area contributed by atoms with Crippen LogP contribution in [0.4, 0.5) is 0 Å². The Hall–Kier alpha value is -2.71. The number of aryl methyl sites for hydroxylation is 2. The van der Waals surface area contributed by atoms with Crippen molar-refractivity contribution in [2.24, 2.45) is 0 Å². The number of carbonyl (C=O) groups is 1. The molecule has 0 aliphatic carbocycles. The molecule has 2 saturated heterocycles. The van der Waals surface area contributed by atoms with Crippen molar-refractivity contribution in [3.63, 3.8) is 0 Å². The molecule has 2 aliphatic heterocycles. The number of aromatic amines is 1. The molecule has 0 atom stereocenters. The molecule has 204 valence electrons. The van der Waals surface area contributed by atoms with Gasteiger partial charge >= 0.3 is 0 Å². The van der Waals surface area contributed by atoms with Crippen LogP contribution in [-0.4, -0.2) is 96.3 Å². The second-order valence-electron chi connectivity index (χ2n) is 10.8. The monoisotopic (exact) mass is 518 g/mol. The van der Waals surface area contributed by atoms with Gasteiger partial charge < -0.3 is 19.7 Å². The van der Waals surface area contributed by atoms with Crippen molar-refractivity contribution in [3.05, 3.63) is 70.4 Å². The number of nitrogens with zero attached hydrogens (tertiary/aromatic N) is 3. The first kappa shape index (κ1) is 26.9. The predicted octanol–water partition coefficient (Wildman–Crippen LogP) is 3.93. The standard InChI is InChI=1S/C31H42N4O3/c1-23-6-5-7-24(2)29(23)25-10-12-34(13-11-25)22-27-26-8-3-4-9-28(26)32-30(27)31(37)35-16-14-33(15-17-35)18-20-38-21-19-36/h3-9,25,32,36H,10-22H2,1-2H3. The van der Waals surface area contributed by atoms with E-state index in [1.165, 1.54) is 16.7 Å². The van der Waals surface area contributed by atoms with Crippen LogP contribution < -0.4 is 0 Å². The highest BCUT2D eigenvalue weighted by Gasteiger charge is 2.29. The number of H-pyrrole nitrogens is 1. The summed E-state index contributed by atoms with van der Waals surface area (Å²) in [5.41, 5.74) is 7.28. The minimum absolute atomic E-state index is 0.0551. The summed E-state index contributed by atoms with van der Waals surface area (Å²) < 4.78 is 5.41. The molecule has 7 nitrogen and oxygen atoms in total. The fraction of sp³-hybridized carbons (Fsp3) is 0.516. The molecule has 2 N–H and O–H groups in total. The van der Waals surface area contributed by atoms with Crippen LogP contribution in [0.3, 0.4) is 0 Å². The van der Waals surface area contributed by atoms with Crippen molar-refractivity contribution in [3.8, 4) is 0 Å². The fourth-order valence-electron chi connectivity index (χ4n) is 6.31. The quantitative estimate of drug-likeness (QED) is 0.420. The van der Waals surface area contributed by atoms with Gasteiger partial charge in [-0.3, -0.25) is 14.6 Å². The van der Waals surface area contributed by atoms with E-state index in [-0.39, 0.29) is 12.5 Å². The number of benzene rings is 2. The molecular weight excluding hydrogens is 476 g/mol. The molecule has 0 radical (unpaired) electrons. The molecule has 2 aliphatic rings. The van der Waals surface area contributed by atoms with Crippen molar-refractivity contribution < 1.29 is 14.6 Å². The van der Waals surface area contributed by atoms with Crippen LogP contribution in [0, 0.1) is 13.8 Å². The first-order chi connectivity index (χ1) is 18.5. The first-order valence-electron chi connectivity index (χ1n) is 14.1. The van der Waals surface area contributed by atoms with Crippen LogP contribution in [0.2, 0.25) is 0 Å². The van der Waals surface area contributed by atoms with Crippen LogP contribution in [0.25, 0.3) is 10.9 Å². The smallest absolute Gasteiger partial charge is 0.270 e. The number of nitrogens with one attached hydrogen (secondary N) is 1. The highest BCUT2D eigenvalue weighted by molar-refractivity contribution is 6.01. The zero-order valence-corrected chi connectivity index (χ0v) is 22.9. The molecule has 0 bridgehead atoms. The van der Waals surface area contributed by atoms with E-state index in [2.05, 4.69) is 65.0 Å². The van der Waals surface area contributed by atoms with Crippen LogP contribution in [0.1, 0.15) is 51.5 Å². The van der Waals surface area contributed by atoms with Gasteiger partial charge in [-0.05, 0) is 68.5 Å². The van der Waals surface area contributed by atoms with Crippen LogP contribution in [0.15, 0.2) is 42.5 Å². The molecule has 1 aromatic heterocycles. The number of rotatable bonds is 9. The van der Waals surface area contributed by atoms with E-state index < -0.39 is 0 Å². The molecule has 0 unspecified atom stereocenters. The minimum Gasteiger partial charge on any atom is -0.394 e. The number of hydrogen-bond acceptors (Lipinski definition) is 5. The summed E-state index contributed by atoms with van der Waals surface area (Å²) in [6.07, 6.45) is 2.31. The molecule has 38 heavy (non-hydrogen) atoms. The summed E-state index contributed by atoms with van der Waals surface area (Å²) in [7, 11) is 0. The third-order valence-corrected chi connectivity index (χ3v) is 8.39. The Bertz CT molecular complexity index is 1200. The van der Waals surface area contributed by atoms with Crippen molar-refractivity contribution in [1.82, 2.24) is 19.7 Å². The highest BCUT2D eigenvalue weighted by Crippen LogP contribution is 2.34. The largest absolute Gasteiger partial charge is 0.394 e. The van der Waals surface area contributed by atoms with Crippen LogP contribution >= 0.6 is 0 Å². The lowest BCUT2D eigenvalue weighted by Crippen LogP contribution is -2.49. The van der Waals surface area contributed by atoms with Gasteiger partial charge in [-0.25, -0.2) is 0 Å². The maximum atomic E-state index is 13.8. The Kier molecular flexibility index (Phi) is 8.79. The number of aromatic nitrogens is 1. The number of aliphatic hydroxyl groups excluding tert-OH is 1. The van der Waals surface area contributed by atoms with E-state index >= 15 is 0 Å². The van der Waals surface area contributed by atoms with E-state index in [4.69, 9.17) is 9.84 Å². The van der Waals surface area contributed by atoms with E-state index in [1.54, 1.807) is 0 Å². The molecule has 5 rings (SSSR count). The Morgan fingerprint density at radius 1 is 0.921 bits per heavy atom. The lowest BCUT2D eigenvalue weighted by molar-refractivity contribution is 0.0482. The maximum Gasteiger partial charge on any atom is 0.270 e. The van der Waals surface area contributed by atoms with Gasteiger partial charge in [0.2, 0.25) is 0 Å². The summed E-state index contributed by atoms with van der Waals surface area (Å²) in [6.45, 7) is 12.4. The zero-order chi connectivity index (χ0) is 26.5. The van der Waals surface area contributed by atoms with Gasteiger partial charge in [-0.15, -0.1) is 0 Å². The number of likely N-dealkylation sites (tertiary alicyclic amines) is 1. The third-order valence-electron chi connectivity index (χ3n) is 8.39. The average Bonchev–Trinajstić information content (AvgIpc) is 3.30. The molecule has 0 spiro atoms. The Morgan fingerprint density at radius 3 is 2.34 bits per heavy atom. The predicted molar refractivity (Wildman–Crippen MR) is 152 cm³/mol. The number of amides is 1. The minimum atomic E-state index is 0.0551. The molecule has 0 saturated carbocycles. The van der Waals surface area contributed by atoms with Crippen LogP contribution in [0.5, 0.6) is 0 Å². The SMILES string of the molecule is Cc1cccc(C)c1C1CCN(Cc2c(C(=O)N3CCN(CCOCCO)CC3)[nH]c3ccccc23)CC1. The van der Waals surface area contributed by atoms with E-state index in [9.17, 15) is 4.79 Å². The number of hydrogen-bond donors (Lipinski definition) is 2. The van der Waals surface area contributed by atoms with Gasteiger partial charge in [0.05, 0.1) is 19.8 Å². The van der Waals surface area contributed by atoms with Crippen molar-refractivity contribution in [1.29, 1.82) is 0 Å². The molecular formula is C31H42N4O3. The topological polar surface area (TPSA) is 72.0 Å². The van der Waals surface area contributed by atoms with E-state index in [1.807, 2.05) is 11.0 Å². The number of para-hydroxylation sites is 1. The Balaban J connectivity index is 1.25. The van der Waals surface area contributed by atoms with Gasteiger partial charge in [-0.1, -0.05) is 36.4 Å². The molecule has 2 aromatic carbocycles. The second kappa shape index (κ2) is 12.4. The molecule has 3 aromatic rings. The second-order valence-corrected chi connectivity index (χ2v) is 10.8. The van der Waals surface area contributed by atoms with Crippen molar-refractivity contribution >= 4 is 16.8 Å². The van der Waals surface area contributed by atoms with Gasteiger partial charge in [0.15, 0.2) is 0 Å². The van der Waals surface area contributed by atoms with Gasteiger partial charge in [-0.2, -0.15) is 0 Å². The van der Waals surface area contributed by atoms with Gasteiger partial charge in [0, 0.05) is 55.7 Å². The number of carbonyl (C=O) groups excluding carboxylic acids is 1. The van der Waals surface area contributed by atoms with Crippen molar-refractivity contribution in [2.45, 2.75) is 39.2 Å². The summed E-state index contributed by atoms with van der Waals surface area (Å²) >= 11 is 0. The maximum absolute atomic E-state index is 13.8. The summed E-state index contributed by atoms with van der Waals surface area (Å²) in [5.74, 6) is 0.722. The van der Waals surface area contributed by atoms with E-state index in [0.29, 0.717) is 19.1 Å². The number of aliphatic hydroxyl groups is 1. The van der Waals surface area contributed by atoms with E-state index in [0.717, 1.165) is 87.4 Å². The molecule has 1 amide bonds. The van der Waals surface area contributed by atoms with Crippen LogP contribution in [-0.2, 0) is 11.3 Å². The summed E-state index contributed by atoms with van der Waals surface area (Å²) in [5, 5.41) is 10.0. The summed E-state index contributed by atoms with van der Waals surface area (Å²) in [4.78, 5) is 24.1. The Labute approximate surface area is 226 Å². The third kappa shape index (κ3) is 5.96. The number of fused-ring (bicyclic) bond motifs is 1. The lowest BCUT2D eigenvalue weighted by atomic mass is 9.84. The molecule has 7 heteroatoms. The van der Waals surface area contributed by atoms with Gasteiger partial charge in [0.1, 0.15) is 5.69 Å². The highest BCUT2D eigenvalue weighted by atomic mass is 16.5. The zero-order valence-electron chi connectivity index (χ0n) is 22.9. The summed E-state index contributed by atoms with van der Waals surface area (Å²) in [6, 6.07) is 15.0. The lowest BCUT2D eigenvalue weighted by Gasteiger charge is -2.35. The molecule has 2 fully saturated rings. The van der Waals surface area contributed by atoms with Crippen molar-refractivity contribution in [2.75, 3.05) is 65.6 Å². The first-order valence-corrected chi connectivity index (χ1v) is 14.1. The molecule has 3 heterocycles. The number of piperidine rings is 1. The van der Waals surface area contributed by atoms with Gasteiger partial charge in [0.25, 0.3) is 5.91 Å². The normalized spacial score (nSPS) is 17.9. The number of piperazine rings is 1. The Morgan fingerprint density at radius 2 is 1.63 bits per heavy atom. The number of ether oxygens (including phenoxy) is 1. The fourth-order valence-corrected chi connectivity index (χ4v) is 6.31.